The normalized spacial score (nSPS) is 11.1. The van der Waals surface area contributed by atoms with E-state index in [-0.39, 0.29) is 0 Å². The maximum Gasteiger partial charge on any atom is 0.0523 e. The highest BCUT2D eigenvalue weighted by Gasteiger charge is 2.18. The van der Waals surface area contributed by atoms with Gasteiger partial charge in [0, 0.05) is 29.0 Å². The van der Waals surface area contributed by atoms with Crippen LogP contribution >= 0.6 is 0 Å². The molecule has 270 valence electrons. The van der Waals surface area contributed by atoms with Gasteiger partial charge < -0.3 is 10.2 Å². The Morgan fingerprint density at radius 3 is 1.65 bits per heavy atom. The number of terminal acetylenes is 1. The van der Waals surface area contributed by atoms with Crippen molar-refractivity contribution in [3.05, 3.63) is 191 Å². The van der Waals surface area contributed by atoms with Gasteiger partial charge in [-0.15, -0.1) is 12.8 Å². The van der Waals surface area contributed by atoms with Gasteiger partial charge in [0.1, 0.15) is 0 Å². The molecule has 0 aliphatic heterocycles. The van der Waals surface area contributed by atoms with Crippen LogP contribution in [-0.2, 0) is 0 Å². The van der Waals surface area contributed by atoms with Crippen LogP contribution in [0.2, 0.25) is 0 Å². The van der Waals surface area contributed by atoms with Crippen molar-refractivity contribution in [2.45, 2.75) is 48.5 Å². The number of benzene rings is 7. The van der Waals surface area contributed by atoms with Crippen LogP contribution in [0.25, 0.3) is 32.7 Å². The lowest BCUT2D eigenvalue weighted by molar-refractivity contribution is 1.09. The average molecular weight is 705 g/mol. The number of nitrogens with one attached hydrogen (secondary N) is 1. The summed E-state index contributed by atoms with van der Waals surface area (Å²) in [5.41, 5.74) is 15.0. The first-order chi connectivity index (χ1) is 26.2. The number of rotatable bonds is 8. The fourth-order valence-corrected chi connectivity index (χ4v) is 6.70. The molecule has 0 bridgehead atoms. The summed E-state index contributed by atoms with van der Waals surface area (Å²) < 4.78 is 0. The number of fused-ring (bicyclic) bond motifs is 2. The molecule has 0 aromatic heterocycles. The maximum atomic E-state index is 4.00. The zero-order valence-electron chi connectivity index (χ0n) is 32.8. The molecule has 7 aromatic carbocycles. The lowest BCUT2D eigenvalue weighted by Crippen LogP contribution is -2.18. The minimum atomic E-state index is 0.797. The first-order valence-electron chi connectivity index (χ1n) is 18.6. The van der Waals surface area contributed by atoms with Crippen LogP contribution in [0.15, 0.2) is 163 Å². The van der Waals surface area contributed by atoms with Crippen molar-refractivity contribution >= 4 is 44.3 Å². The molecule has 0 amide bonds. The second kappa shape index (κ2) is 18.5. The van der Waals surface area contributed by atoms with Crippen LogP contribution < -0.4 is 10.2 Å². The Morgan fingerprint density at radius 1 is 0.574 bits per heavy atom. The second-order valence-corrected chi connectivity index (χ2v) is 13.9. The van der Waals surface area contributed by atoms with Crippen molar-refractivity contribution in [3.8, 4) is 24.0 Å². The molecule has 0 unspecified atom stereocenters. The topological polar surface area (TPSA) is 15.3 Å². The van der Waals surface area contributed by atoms with Crippen molar-refractivity contribution in [2.24, 2.45) is 0 Å². The number of anilines is 4. The smallest absolute Gasteiger partial charge is 0.0523 e. The Bertz CT molecular complexity index is 2350. The summed E-state index contributed by atoms with van der Waals surface area (Å²) in [7, 11) is 0. The van der Waals surface area contributed by atoms with Crippen molar-refractivity contribution < 1.29 is 0 Å². The highest BCUT2D eigenvalue weighted by atomic mass is 15.1. The lowest BCUT2D eigenvalue weighted by atomic mass is 9.90. The third-order valence-corrected chi connectivity index (χ3v) is 9.63. The van der Waals surface area contributed by atoms with Gasteiger partial charge in [-0.1, -0.05) is 138 Å². The van der Waals surface area contributed by atoms with Gasteiger partial charge in [0.25, 0.3) is 0 Å². The average Bonchev–Trinajstić information content (AvgIpc) is 3.19. The van der Waals surface area contributed by atoms with Crippen LogP contribution in [0, 0.1) is 47.5 Å². The zero-order valence-corrected chi connectivity index (χ0v) is 32.8. The van der Waals surface area contributed by atoms with Crippen LogP contribution in [0.4, 0.5) is 22.7 Å². The monoisotopic (exact) mass is 704 g/mol. The van der Waals surface area contributed by atoms with E-state index in [1.54, 1.807) is 0 Å². The van der Waals surface area contributed by atoms with Gasteiger partial charge in [0.2, 0.25) is 0 Å². The highest BCUT2D eigenvalue weighted by molar-refractivity contribution is 6.10. The van der Waals surface area contributed by atoms with E-state index < -0.39 is 0 Å². The molecule has 0 spiro atoms. The largest absolute Gasteiger partial charge is 0.356 e. The van der Waals surface area contributed by atoms with E-state index in [0.717, 1.165) is 17.9 Å². The number of hydrogen-bond acceptors (Lipinski definition) is 2. The third-order valence-electron chi connectivity index (χ3n) is 9.63. The van der Waals surface area contributed by atoms with E-state index in [0.29, 0.717) is 0 Å². The molecule has 2 nitrogen and oxygen atoms in total. The van der Waals surface area contributed by atoms with Gasteiger partial charge in [0.15, 0.2) is 0 Å². The first-order valence-corrected chi connectivity index (χ1v) is 18.6. The first kappa shape index (κ1) is 38.9. The van der Waals surface area contributed by atoms with Gasteiger partial charge in [-0.3, -0.25) is 0 Å². The predicted octanol–water partition coefficient (Wildman–Crippen LogP) is 14.5. The van der Waals surface area contributed by atoms with Crippen molar-refractivity contribution in [2.75, 3.05) is 16.8 Å². The van der Waals surface area contributed by atoms with E-state index in [2.05, 4.69) is 229 Å². The molecular formula is C52H52N2. The fourth-order valence-electron chi connectivity index (χ4n) is 6.70. The Labute approximate surface area is 323 Å². The minimum Gasteiger partial charge on any atom is -0.356 e. The summed E-state index contributed by atoms with van der Waals surface area (Å²) in [6, 6.07) is 50.3. The summed E-state index contributed by atoms with van der Waals surface area (Å²) in [5, 5.41) is 8.50. The quantitative estimate of drug-likeness (QED) is 0.125. The van der Waals surface area contributed by atoms with Gasteiger partial charge >= 0.3 is 0 Å². The maximum absolute atomic E-state index is 4.00. The van der Waals surface area contributed by atoms with Crippen LogP contribution in [-0.4, -0.2) is 6.54 Å². The van der Waals surface area contributed by atoms with Gasteiger partial charge in [-0.2, -0.15) is 0 Å². The van der Waals surface area contributed by atoms with Gasteiger partial charge in [0.05, 0.1) is 5.69 Å². The Kier molecular flexibility index (Phi) is 13.3. The van der Waals surface area contributed by atoms with Crippen molar-refractivity contribution in [1.82, 2.24) is 0 Å². The second-order valence-electron chi connectivity index (χ2n) is 13.9. The molecule has 0 saturated carbocycles. The molecule has 1 N–H and O–H groups in total. The highest BCUT2D eigenvalue weighted by Crippen LogP contribution is 2.42. The fraction of sp³-hybridized carbons (Fsp3) is 0.154. The number of hydrogen-bond donors (Lipinski definition) is 1. The van der Waals surface area contributed by atoms with Crippen molar-refractivity contribution in [3.63, 3.8) is 0 Å². The summed E-state index contributed by atoms with van der Waals surface area (Å²) in [4.78, 5) is 2.45. The van der Waals surface area contributed by atoms with E-state index in [1.807, 2.05) is 0 Å². The molecule has 0 atom stereocenters. The summed E-state index contributed by atoms with van der Waals surface area (Å²) in [6.07, 6.45) is 14.6. The third kappa shape index (κ3) is 9.57. The number of nitrogens with zero attached hydrogens (tertiary/aromatic N) is 1. The Morgan fingerprint density at radius 2 is 1.07 bits per heavy atom. The molecule has 2 heteroatoms. The molecule has 0 heterocycles. The molecule has 7 aromatic rings. The molecule has 0 aliphatic rings. The van der Waals surface area contributed by atoms with Crippen LogP contribution in [0.1, 0.15) is 41.7 Å². The number of aryl methyl sites for hydroxylation is 5. The van der Waals surface area contributed by atoms with Crippen molar-refractivity contribution in [1.29, 1.82) is 0 Å². The standard InChI is InChI=1S/C36H35N.C14H15N.C2H2/c1-6-25(2)12-11-21-37(30-19-17-26(3)18-20-30)36-28(5)24-35(32-15-9-10-16-33(32)36)34-23-27(4)22-29-13-7-8-14-31(29)34;1-11-3-7-13(8-4-11)15-14-9-5-12(2)6-10-14;1-2/h6-20,22-24H,21H2,1-5H3;3-10,15H,1-2H3;1-2H/b12-11-,25-6-;;. The molecule has 0 saturated heterocycles. The van der Waals surface area contributed by atoms with E-state index >= 15 is 0 Å². The molecule has 54 heavy (non-hydrogen) atoms. The van der Waals surface area contributed by atoms with E-state index in [1.165, 1.54) is 77.4 Å². The lowest BCUT2D eigenvalue weighted by Gasteiger charge is -2.28. The molecule has 0 radical (unpaired) electrons. The molecular weight excluding hydrogens is 653 g/mol. The summed E-state index contributed by atoms with van der Waals surface area (Å²) in [6.45, 7) is 15.8. The predicted molar refractivity (Wildman–Crippen MR) is 239 cm³/mol. The Balaban J connectivity index is 0.000000275. The van der Waals surface area contributed by atoms with E-state index in [4.69, 9.17) is 0 Å². The summed E-state index contributed by atoms with van der Waals surface area (Å²) >= 11 is 0. The number of allylic oxidation sites excluding steroid dienone is 3. The zero-order chi connectivity index (χ0) is 38.6. The molecule has 0 aliphatic carbocycles. The molecule has 7 rings (SSSR count). The van der Waals surface area contributed by atoms with E-state index in [9.17, 15) is 0 Å². The van der Waals surface area contributed by atoms with Crippen LogP contribution in [0.5, 0.6) is 0 Å². The van der Waals surface area contributed by atoms with Crippen LogP contribution in [0.3, 0.4) is 0 Å². The minimum absolute atomic E-state index is 0.797. The SMILES string of the molecule is C#C.C/C=C(C)\C=C/CN(c1ccc(C)cc1)c1c(C)cc(-c2cc(C)cc3ccccc23)c2ccccc12.Cc1ccc(Nc2ccc(C)cc2)cc1. The Hall–Kier alpha value is -6.30. The van der Waals surface area contributed by atoms with Gasteiger partial charge in [-0.05, 0) is 129 Å². The summed E-state index contributed by atoms with van der Waals surface area (Å²) in [5.74, 6) is 0. The molecule has 0 fully saturated rings. The van der Waals surface area contributed by atoms with Gasteiger partial charge in [-0.25, -0.2) is 0 Å².